The minimum Gasteiger partial charge on any atom is -0.342 e. The standard InChI is InChI=1S/C17H26N2O3S2/c1-13-9-14(2)11-18(10-13)17(20)15-5-3-7-19(12-15)24(21,22)16-6-4-8-23-16/h4,6,8,13-15H,3,5,7,9-12H2,1-2H3. The molecule has 2 aliphatic rings. The summed E-state index contributed by atoms with van der Waals surface area (Å²) in [4.78, 5) is 14.9. The maximum absolute atomic E-state index is 12.9. The van der Waals surface area contributed by atoms with Gasteiger partial charge in [0.05, 0.1) is 5.92 Å². The third-order valence-electron chi connectivity index (χ3n) is 5.00. The lowest BCUT2D eigenvalue weighted by Crippen LogP contribution is -2.50. The summed E-state index contributed by atoms with van der Waals surface area (Å²) < 4.78 is 27.3. The molecular weight excluding hydrogens is 344 g/mol. The molecule has 24 heavy (non-hydrogen) atoms. The first-order valence-corrected chi connectivity index (χ1v) is 11.0. The predicted molar refractivity (Wildman–Crippen MR) is 95.3 cm³/mol. The number of hydrogen-bond donors (Lipinski definition) is 0. The van der Waals surface area contributed by atoms with Gasteiger partial charge >= 0.3 is 0 Å². The highest BCUT2D eigenvalue weighted by Crippen LogP contribution is 2.29. The average molecular weight is 371 g/mol. The number of carbonyl (C=O) groups excluding carboxylic acids is 1. The number of sulfonamides is 1. The smallest absolute Gasteiger partial charge is 0.252 e. The van der Waals surface area contributed by atoms with Crippen LogP contribution in [0.5, 0.6) is 0 Å². The number of thiophene rings is 1. The van der Waals surface area contributed by atoms with Gasteiger partial charge in [-0.1, -0.05) is 19.9 Å². The Morgan fingerprint density at radius 3 is 2.54 bits per heavy atom. The second-order valence-corrected chi connectivity index (χ2v) is 10.4. The molecule has 2 saturated heterocycles. The third kappa shape index (κ3) is 3.68. The van der Waals surface area contributed by atoms with E-state index in [1.54, 1.807) is 17.5 Å². The zero-order valence-corrected chi connectivity index (χ0v) is 16.0. The minimum atomic E-state index is -3.46. The van der Waals surface area contributed by atoms with Crippen molar-refractivity contribution >= 4 is 27.3 Å². The molecule has 134 valence electrons. The van der Waals surface area contributed by atoms with Crippen molar-refractivity contribution in [3.63, 3.8) is 0 Å². The maximum Gasteiger partial charge on any atom is 0.252 e. The Labute approximate surface area is 148 Å². The molecular formula is C17H26N2O3S2. The molecule has 5 nitrogen and oxygen atoms in total. The van der Waals surface area contributed by atoms with E-state index >= 15 is 0 Å². The fraction of sp³-hybridized carbons (Fsp3) is 0.706. The van der Waals surface area contributed by atoms with Crippen molar-refractivity contribution in [2.24, 2.45) is 17.8 Å². The molecule has 0 spiro atoms. The average Bonchev–Trinajstić information content (AvgIpc) is 3.08. The number of amides is 1. The molecule has 0 saturated carbocycles. The van der Waals surface area contributed by atoms with E-state index in [-0.39, 0.29) is 11.8 Å². The van der Waals surface area contributed by atoms with Crippen molar-refractivity contribution in [2.45, 2.75) is 37.3 Å². The molecule has 1 amide bonds. The van der Waals surface area contributed by atoms with Crippen LogP contribution >= 0.6 is 11.3 Å². The van der Waals surface area contributed by atoms with Crippen molar-refractivity contribution in [2.75, 3.05) is 26.2 Å². The van der Waals surface area contributed by atoms with Crippen LogP contribution in [0.4, 0.5) is 0 Å². The summed E-state index contributed by atoms with van der Waals surface area (Å²) in [6, 6.07) is 3.39. The molecule has 3 rings (SSSR count). The number of likely N-dealkylation sites (tertiary alicyclic amines) is 1. The number of nitrogens with zero attached hydrogens (tertiary/aromatic N) is 2. The van der Waals surface area contributed by atoms with Gasteiger partial charge in [-0.05, 0) is 42.5 Å². The minimum absolute atomic E-state index is 0.138. The van der Waals surface area contributed by atoms with Crippen LogP contribution in [0.25, 0.3) is 0 Å². The maximum atomic E-state index is 12.9. The second kappa shape index (κ2) is 7.14. The first kappa shape index (κ1) is 17.9. The lowest BCUT2D eigenvalue weighted by molar-refractivity contribution is -0.139. The van der Waals surface area contributed by atoms with Gasteiger partial charge < -0.3 is 4.90 Å². The van der Waals surface area contributed by atoms with Crippen LogP contribution in [0.2, 0.25) is 0 Å². The molecule has 1 aromatic heterocycles. The van der Waals surface area contributed by atoms with Crippen LogP contribution in [-0.4, -0.2) is 49.7 Å². The zero-order chi connectivity index (χ0) is 17.3. The summed E-state index contributed by atoms with van der Waals surface area (Å²) >= 11 is 1.24. The van der Waals surface area contributed by atoms with E-state index in [4.69, 9.17) is 0 Å². The Kier molecular flexibility index (Phi) is 5.32. The van der Waals surface area contributed by atoms with Crippen LogP contribution in [0.3, 0.4) is 0 Å². The monoisotopic (exact) mass is 370 g/mol. The first-order chi connectivity index (χ1) is 11.4. The Balaban J connectivity index is 1.70. The highest BCUT2D eigenvalue weighted by atomic mass is 32.2. The summed E-state index contributed by atoms with van der Waals surface area (Å²) in [5.41, 5.74) is 0. The van der Waals surface area contributed by atoms with E-state index in [0.29, 0.717) is 29.1 Å². The molecule has 1 aromatic rings. The topological polar surface area (TPSA) is 57.7 Å². The van der Waals surface area contributed by atoms with Crippen LogP contribution in [-0.2, 0) is 14.8 Å². The highest BCUT2D eigenvalue weighted by molar-refractivity contribution is 7.91. The van der Waals surface area contributed by atoms with Crippen molar-refractivity contribution in [1.82, 2.24) is 9.21 Å². The van der Waals surface area contributed by atoms with Gasteiger partial charge in [0, 0.05) is 26.2 Å². The van der Waals surface area contributed by atoms with E-state index < -0.39 is 10.0 Å². The van der Waals surface area contributed by atoms with Gasteiger partial charge in [-0.15, -0.1) is 11.3 Å². The fourth-order valence-electron chi connectivity index (χ4n) is 4.00. The largest absolute Gasteiger partial charge is 0.342 e. The highest BCUT2D eigenvalue weighted by Gasteiger charge is 2.36. The van der Waals surface area contributed by atoms with Crippen molar-refractivity contribution in [3.05, 3.63) is 17.5 Å². The van der Waals surface area contributed by atoms with Crippen molar-refractivity contribution < 1.29 is 13.2 Å². The molecule has 3 heterocycles. The van der Waals surface area contributed by atoms with E-state index in [2.05, 4.69) is 13.8 Å². The SMILES string of the molecule is CC1CC(C)CN(C(=O)C2CCCN(S(=O)(=O)c3cccs3)C2)C1. The number of carbonyl (C=O) groups is 1. The molecule has 0 bridgehead atoms. The number of rotatable bonds is 3. The van der Waals surface area contributed by atoms with Gasteiger partial charge in [0.15, 0.2) is 0 Å². The number of piperidine rings is 2. The molecule has 0 N–H and O–H groups in total. The van der Waals surface area contributed by atoms with Crippen LogP contribution < -0.4 is 0 Å². The zero-order valence-electron chi connectivity index (χ0n) is 14.3. The predicted octanol–water partition coefficient (Wildman–Crippen LogP) is 2.65. The van der Waals surface area contributed by atoms with E-state index in [0.717, 1.165) is 32.4 Å². The summed E-state index contributed by atoms with van der Waals surface area (Å²) in [5, 5.41) is 1.77. The molecule has 7 heteroatoms. The Morgan fingerprint density at radius 2 is 1.92 bits per heavy atom. The van der Waals surface area contributed by atoms with Gasteiger partial charge in [-0.3, -0.25) is 4.79 Å². The van der Waals surface area contributed by atoms with E-state index in [9.17, 15) is 13.2 Å². The number of hydrogen-bond acceptors (Lipinski definition) is 4. The molecule has 0 aliphatic carbocycles. The van der Waals surface area contributed by atoms with Crippen LogP contribution in [0, 0.1) is 17.8 Å². The van der Waals surface area contributed by atoms with Gasteiger partial charge in [0.25, 0.3) is 10.0 Å². The molecule has 3 unspecified atom stereocenters. The lowest BCUT2D eigenvalue weighted by atomic mass is 9.90. The van der Waals surface area contributed by atoms with Gasteiger partial charge in [-0.25, -0.2) is 8.42 Å². The summed E-state index contributed by atoms with van der Waals surface area (Å²) in [7, 11) is -3.46. The van der Waals surface area contributed by atoms with Crippen LogP contribution in [0.1, 0.15) is 33.1 Å². The Bertz CT molecular complexity index is 662. The molecule has 0 aromatic carbocycles. The van der Waals surface area contributed by atoms with E-state index in [1.807, 2.05) is 4.90 Å². The Hall–Kier alpha value is -0.920. The van der Waals surface area contributed by atoms with Gasteiger partial charge in [0.2, 0.25) is 5.91 Å². The second-order valence-electron chi connectivity index (χ2n) is 7.32. The van der Waals surface area contributed by atoms with Crippen molar-refractivity contribution in [3.8, 4) is 0 Å². The molecule has 2 fully saturated rings. The summed E-state index contributed by atoms with van der Waals surface area (Å²) in [5.74, 6) is 0.977. The van der Waals surface area contributed by atoms with Crippen molar-refractivity contribution in [1.29, 1.82) is 0 Å². The first-order valence-electron chi connectivity index (χ1n) is 8.70. The van der Waals surface area contributed by atoms with Crippen LogP contribution in [0.15, 0.2) is 21.7 Å². The quantitative estimate of drug-likeness (QED) is 0.822. The summed E-state index contributed by atoms with van der Waals surface area (Å²) in [6.07, 6.45) is 2.70. The van der Waals surface area contributed by atoms with Gasteiger partial charge in [-0.2, -0.15) is 4.31 Å². The van der Waals surface area contributed by atoms with Gasteiger partial charge in [0.1, 0.15) is 4.21 Å². The normalized spacial score (nSPS) is 29.6. The molecule has 2 aliphatic heterocycles. The molecule has 0 radical (unpaired) electrons. The fourth-order valence-corrected chi connectivity index (χ4v) is 6.67. The molecule has 3 atom stereocenters. The third-order valence-corrected chi connectivity index (χ3v) is 8.24. The Morgan fingerprint density at radius 1 is 1.21 bits per heavy atom. The van der Waals surface area contributed by atoms with E-state index in [1.165, 1.54) is 15.6 Å². The lowest BCUT2D eigenvalue weighted by Gasteiger charge is -2.39. The summed E-state index contributed by atoms with van der Waals surface area (Å²) in [6.45, 7) is 6.80.